The Morgan fingerprint density at radius 3 is 2.87 bits per heavy atom. The Hall–Kier alpha value is -2.73. The highest BCUT2D eigenvalue weighted by atomic mass is 35.5. The molecule has 1 aromatic carbocycles. The van der Waals surface area contributed by atoms with Crippen LogP contribution in [-0.4, -0.2) is 35.7 Å². The minimum Gasteiger partial charge on any atom is -0.449 e. The number of nitrogens with zero attached hydrogens (tertiary/aromatic N) is 2. The van der Waals surface area contributed by atoms with Crippen LogP contribution in [0.25, 0.3) is 5.57 Å². The van der Waals surface area contributed by atoms with Crippen molar-refractivity contribution >= 4 is 23.3 Å². The quantitative estimate of drug-likeness (QED) is 0.596. The van der Waals surface area contributed by atoms with Crippen LogP contribution in [0, 0.1) is 0 Å². The Balaban J connectivity index is 1.50. The fraction of sp³-hybridized carbons (Fsp3) is 0.391. The van der Waals surface area contributed by atoms with Crippen LogP contribution in [0.5, 0.6) is 11.5 Å². The van der Waals surface area contributed by atoms with E-state index in [0.29, 0.717) is 41.9 Å². The summed E-state index contributed by atoms with van der Waals surface area (Å²) in [5, 5.41) is 0.559. The lowest BCUT2D eigenvalue weighted by atomic mass is 9.98. The van der Waals surface area contributed by atoms with Crippen LogP contribution in [0.2, 0.25) is 5.02 Å². The molecule has 0 bridgehead atoms. The van der Waals surface area contributed by atoms with E-state index < -0.39 is 5.79 Å². The maximum absolute atomic E-state index is 12.2. The lowest BCUT2D eigenvalue weighted by molar-refractivity contribution is -0.0718. The van der Waals surface area contributed by atoms with Gasteiger partial charge in [-0.2, -0.15) is 0 Å². The summed E-state index contributed by atoms with van der Waals surface area (Å²) in [6, 6.07) is 9.43. The molecule has 0 aliphatic carbocycles. The molecule has 0 N–H and O–H groups in total. The second-order valence-electron chi connectivity index (χ2n) is 7.54. The zero-order valence-electron chi connectivity index (χ0n) is 17.2. The normalized spacial score (nSPS) is 20.1. The van der Waals surface area contributed by atoms with Gasteiger partial charge in [0, 0.05) is 31.8 Å². The van der Waals surface area contributed by atoms with Crippen LogP contribution in [0.15, 0.2) is 42.6 Å². The number of hydrogen-bond donors (Lipinski definition) is 0. The molecule has 7 heteroatoms. The van der Waals surface area contributed by atoms with E-state index in [1.165, 1.54) is 0 Å². The molecule has 1 aromatic heterocycles. The molecule has 3 heterocycles. The zero-order valence-corrected chi connectivity index (χ0v) is 17.9. The van der Waals surface area contributed by atoms with Crippen LogP contribution < -0.4 is 9.47 Å². The molecule has 0 radical (unpaired) electrons. The molecule has 1 unspecified atom stereocenters. The SMILES string of the molecule is CCCCOC(=O)N1CC=C(c2cccc3c2OC(C)(c2ccc(Cl)cn2)O3)CC1. The number of amides is 1. The molecule has 6 nitrogen and oxygen atoms in total. The average molecular weight is 429 g/mol. The third-order valence-corrected chi connectivity index (χ3v) is 5.53. The number of halogens is 1. The minimum absolute atomic E-state index is 0.252. The van der Waals surface area contributed by atoms with Crippen LogP contribution >= 0.6 is 11.6 Å². The number of hydrogen-bond acceptors (Lipinski definition) is 5. The summed E-state index contributed by atoms with van der Waals surface area (Å²) in [4.78, 5) is 18.3. The molecule has 0 fully saturated rings. The average Bonchev–Trinajstić information content (AvgIpc) is 3.12. The number of ether oxygens (including phenoxy) is 3. The lowest BCUT2D eigenvalue weighted by Gasteiger charge is -2.26. The first-order valence-electron chi connectivity index (χ1n) is 10.2. The highest BCUT2D eigenvalue weighted by molar-refractivity contribution is 6.30. The predicted octanol–water partition coefficient (Wildman–Crippen LogP) is 5.40. The zero-order chi connectivity index (χ0) is 21.1. The summed E-state index contributed by atoms with van der Waals surface area (Å²) in [6.07, 6.45) is 5.99. The maximum Gasteiger partial charge on any atom is 0.410 e. The molecule has 0 saturated heterocycles. The van der Waals surface area contributed by atoms with E-state index in [9.17, 15) is 4.79 Å². The number of unbranched alkanes of at least 4 members (excludes halogenated alkanes) is 1. The first kappa shape index (κ1) is 20.5. The van der Waals surface area contributed by atoms with E-state index in [2.05, 4.69) is 18.0 Å². The predicted molar refractivity (Wildman–Crippen MR) is 115 cm³/mol. The molecule has 0 spiro atoms. The second kappa shape index (κ2) is 8.56. The van der Waals surface area contributed by atoms with Gasteiger partial charge < -0.3 is 19.1 Å². The molecule has 1 atom stereocenters. The monoisotopic (exact) mass is 428 g/mol. The highest BCUT2D eigenvalue weighted by Crippen LogP contribution is 2.48. The fourth-order valence-corrected chi connectivity index (χ4v) is 3.72. The van der Waals surface area contributed by atoms with Crippen molar-refractivity contribution < 1.29 is 19.0 Å². The van der Waals surface area contributed by atoms with Crippen molar-refractivity contribution in [2.75, 3.05) is 19.7 Å². The Kier molecular flexibility index (Phi) is 5.86. The summed E-state index contributed by atoms with van der Waals surface area (Å²) in [7, 11) is 0. The molecular weight excluding hydrogens is 404 g/mol. The number of carbonyl (C=O) groups is 1. The summed E-state index contributed by atoms with van der Waals surface area (Å²) in [6.45, 7) is 5.51. The first-order valence-corrected chi connectivity index (χ1v) is 10.6. The molecule has 158 valence electrons. The fourth-order valence-electron chi connectivity index (χ4n) is 3.60. The Bertz CT molecular complexity index is 960. The molecule has 2 aliphatic heterocycles. The van der Waals surface area contributed by atoms with Crippen molar-refractivity contribution in [3.63, 3.8) is 0 Å². The van der Waals surface area contributed by atoms with Gasteiger partial charge in [-0.15, -0.1) is 0 Å². The summed E-state index contributed by atoms with van der Waals surface area (Å²) < 4.78 is 17.7. The minimum atomic E-state index is -1.02. The van der Waals surface area contributed by atoms with Crippen LogP contribution in [-0.2, 0) is 10.5 Å². The molecule has 1 amide bonds. The van der Waals surface area contributed by atoms with E-state index in [0.717, 1.165) is 30.4 Å². The third kappa shape index (κ3) is 4.10. The lowest BCUT2D eigenvalue weighted by Crippen LogP contribution is -2.35. The van der Waals surface area contributed by atoms with Gasteiger partial charge in [-0.05, 0) is 36.6 Å². The summed E-state index contributed by atoms with van der Waals surface area (Å²) in [5.74, 6) is 0.351. The van der Waals surface area contributed by atoms with Gasteiger partial charge in [0.15, 0.2) is 11.5 Å². The number of para-hydroxylation sites is 1. The van der Waals surface area contributed by atoms with Crippen molar-refractivity contribution in [1.82, 2.24) is 9.88 Å². The molecule has 0 saturated carbocycles. The smallest absolute Gasteiger partial charge is 0.410 e. The molecular formula is C23H25ClN2O4. The number of benzene rings is 1. The van der Waals surface area contributed by atoms with Crippen molar-refractivity contribution in [3.8, 4) is 11.5 Å². The Labute approximate surface area is 181 Å². The van der Waals surface area contributed by atoms with Crippen molar-refractivity contribution in [2.24, 2.45) is 0 Å². The summed E-state index contributed by atoms with van der Waals surface area (Å²) >= 11 is 5.96. The second-order valence-corrected chi connectivity index (χ2v) is 7.97. The molecule has 4 rings (SSSR count). The van der Waals surface area contributed by atoms with Gasteiger partial charge in [0.1, 0.15) is 5.69 Å². The van der Waals surface area contributed by atoms with E-state index >= 15 is 0 Å². The molecule has 30 heavy (non-hydrogen) atoms. The number of fused-ring (bicyclic) bond motifs is 1. The summed E-state index contributed by atoms with van der Waals surface area (Å²) in [5.41, 5.74) is 2.75. The van der Waals surface area contributed by atoms with E-state index in [1.54, 1.807) is 23.2 Å². The van der Waals surface area contributed by atoms with Crippen molar-refractivity contribution in [3.05, 3.63) is 58.9 Å². The van der Waals surface area contributed by atoms with Gasteiger partial charge in [0.25, 0.3) is 5.79 Å². The van der Waals surface area contributed by atoms with Crippen LogP contribution in [0.4, 0.5) is 4.79 Å². The van der Waals surface area contributed by atoms with Crippen LogP contribution in [0.3, 0.4) is 0 Å². The number of carbonyl (C=O) groups excluding carboxylic acids is 1. The molecule has 2 aromatic rings. The maximum atomic E-state index is 12.2. The van der Waals surface area contributed by atoms with Gasteiger partial charge in [0.05, 0.1) is 11.6 Å². The van der Waals surface area contributed by atoms with Gasteiger partial charge >= 0.3 is 6.09 Å². The van der Waals surface area contributed by atoms with Crippen molar-refractivity contribution in [1.29, 1.82) is 0 Å². The van der Waals surface area contributed by atoms with E-state index in [-0.39, 0.29) is 6.09 Å². The van der Waals surface area contributed by atoms with Gasteiger partial charge in [-0.25, -0.2) is 4.79 Å². The number of pyridine rings is 1. The van der Waals surface area contributed by atoms with Crippen LogP contribution in [0.1, 0.15) is 44.4 Å². The first-order chi connectivity index (χ1) is 14.5. The van der Waals surface area contributed by atoms with Gasteiger partial charge in [0.2, 0.25) is 0 Å². The van der Waals surface area contributed by atoms with Gasteiger partial charge in [-0.1, -0.05) is 43.2 Å². The number of rotatable bonds is 5. The van der Waals surface area contributed by atoms with Crippen molar-refractivity contribution in [2.45, 2.75) is 38.9 Å². The van der Waals surface area contributed by atoms with E-state index in [1.807, 2.05) is 25.1 Å². The Morgan fingerprint density at radius 2 is 2.17 bits per heavy atom. The van der Waals surface area contributed by atoms with E-state index in [4.69, 9.17) is 25.8 Å². The third-order valence-electron chi connectivity index (χ3n) is 5.31. The largest absolute Gasteiger partial charge is 0.449 e. The Morgan fingerprint density at radius 1 is 1.30 bits per heavy atom. The highest BCUT2D eigenvalue weighted by Gasteiger charge is 2.41. The standard InChI is InChI=1S/C23H25ClN2O4/c1-3-4-14-28-22(27)26-12-10-16(11-13-26)18-6-5-7-19-21(18)30-23(2,29-19)20-9-8-17(24)15-25-20/h5-10,15H,3-4,11-14H2,1-2H3. The molecule has 2 aliphatic rings. The topological polar surface area (TPSA) is 60.9 Å². The number of aromatic nitrogens is 1. The van der Waals surface area contributed by atoms with Gasteiger partial charge in [-0.3, -0.25) is 4.98 Å².